The highest BCUT2D eigenvalue weighted by molar-refractivity contribution is 9.11. The number of hydrogen-bond donors (Lipinski definition) is 1. The third-order valence-corrected chi connectivity index (χ3v) is 3.94. The van der Waals surface area contributed by atoms with Crippen LogP contribution in [0.4, 0.5) is 0 Å². The summed E-state index contributed by atoms with van der Waals surface area (Å²) in [5.74, 6) is 1.78. The molecule has 1 aromatic carbocycles. The van der Waals surface area contributed by atoms with Gasteiger partial charge in [-0.3, -0.25) is 0 Å². The van der Waals surface area contributed by atoms with Crippen molar-refractivity contribution in [2.75, 3.05) is 0 Å². The van der Waals surface area contributed by atoms with Crippen molar-refractivity contribution >= 4 is 31.9 Å². The van der Waals surface area contributed by atoms with Crippen LogP contribution in [-0.2, 0) is 19.4 Å². The van der Waals surface area contributed by atoms with E-state index in [1.165, 1.54) is 0 Å². The van der Waals surface area contributed by atoms with Crippen LogP contribution in [0.1, 0.15) is 31.2 Å². The molecule has 5 nitrogen and oxygen atoms in total. The molecule has 2 aromatic rings. The van der Waals surface area contributed by atoms with Gasteiger partial charge in [0.25, 0.3) is 5.89 Å². The highest BCUT2D eigenvalue weighted by Gasteiger charge is 2.12. The fraction of sp³-hybridized carbons (Fsp3) is 0.429. The van der Waals surface area contributed by atoms with Gasteiger partial charge in [-0.15, -0.1) is 10.2 Å². The average molecular weight is 419 g/mol. The number of aryl methyl sites for hydroxylation is 1. The number of rotatable bonds is 6. The molecule has 0 amide bonds. The molecule has 0 fully saturated rings. The molecule has 1 unspecified atom stereocenters. The van der Waals surface area contributed by atoms with E-state index < -0.39 is 0 Å². The summed E-state index contributed by atoms with van der Waals surface area (Å²) in [5.41, 5.74) is 6.96. The Bertz CT molecular complexity index is 591. The van der Waals surface area contributed by atoms with Crippen LogP contribution < -0.4 is 10.5 Å². The Morgan fingerprint density at radius 1 is 1.24 bits per heavy atom. The van der Waals surface area contributed by atoms with Gasteiger partial charge < -0.3 is 14.9 Å². The standard InChI is InChI=1S/C14H17Br2N3O2/c1-3-12-18-19-13(21-12)7-20-14-10(15)5-9(4-8(2)17)6-11(14)16/h5-6,8H,3-4,7,17H2,1-2H3. The molecule has 1 heterocycles. The summed E-state index contributed by atoms with van der Waals surface area (Å²) in [5, 5.41) is 7.83. The summed E-state index contributed by atoms with van der Waals surface area (Å²) in [6.45, 7) is 4.17. The summed E-state index contributed by atoms with van der Waals surface area (Å²) in [6.07, 6.45) is 1.52. The first-order valence-corrected chi connectivity index (χ1v) is 8.25. The van der Waals surface area contributed by atoms with Crippen molar-refractivity contribution < 1.29 is 9.15 Å². The minimum absolute atomic E-state index is 0.112. The molecule has 2 rings (SSSR count). The van der Waals surface area contributed by atoms with Gasteiger partial charge in [0, 0.05) is 12.5 Å². The van der Waals surface area contributed by atoms with Crippen molar-refractivity contribution in [2.45, 2.75) is 39.3 Å². The molecular formula is C14H17Br2N3O2. The second-order valence-electron chi connectivity index (χ2n) is 4.80. The Hall–Kier alpha value is -0.920. The molecule has 1 atom stereocenters. The van der Waals surface area contributed by atoms with Gasteiger partial charge in [0.05, 0.1) is 8.95 Å². The van der Waals surface area contributed by atoms with E-state index in [2.05, 4.69) is 42.1 Å². The molecule has 0 saturated heterocycles. The molecule has 0 saturated carbocycles. The molecular weight excluding hydrogens is 402 g/mol. The molecule has 1 aromatic heterocycles. The highest BCUT2D eigenvalue weighted by atomic mass is 79.9. The maximum atomic E-state index is 5.82. The Balaban J connectivity index is 2.09. The molecule has 21 heavy (non-hydrogen) atoms. The number of hydrogen-bond acceptors (Lipinski definition) is 5. The van der Waals surface area contributed by atoms with Gasteiger partial charge in [-0.2, -0.15) is 0 Å². The van der Waals surface area contributed by atoms with Crippen LogP contribution >= 0.6 is 31.9 Å². The lowest BCUT2D eigenvalue weighted by Crippen LogP contribution is -2.17. The normalized spacial score (nSPS) is 12.4. The molecule has 7 heteroatoms. The quantitative estimate of drug-likeness (QED) is 0.775. The topological polar surface area (TPSA) is 74.2 Å². The minimum Gasteiger partial charge on any atom is -0.481 e. The van der Waals surface area contributed by atoms with E-state index in [0.29, 0.717) is 24.0 Å². The zero-order valence-corrected chi connectivity index (χ0v) is 15.1. The van der Waals surface area contributed by atoms with E-state index in [9.17, 15) is 0 Å². The molecule has 114 valence electrons. The van der Waals surface area contributed by atoms with Crippen molar-refractivity contribution in [3.63, 3.8) is 0 Å². The van der Waals surface area contributed by atoms with Crippen molar-refractivity contribution in [1.29, 1.82) is 0 Å². The Labute approximate surface area is 140 Å². The van der Waals surface area contributed by atoms with E-state index in [0.717, 1.165) is 20.9 Å². The smallest absolute Gasteiger partial charge is 0.253 e. The van der Waals surface area contributed by atoms with Gasteiger partial charge in [0.1, 0.15) is 5.75 Å². The first-order chi connectivity index (χ1) is 9.99. The summed E-state index contributed by atoms with van der Waals surface area (Å²) in [4.78, 5) is 0. The Morgan fingerprint density at radius 2 is 1.86 bits per heavy atom. The molecule has 0 radical (unpaired) electrons. The third-order valence-electron chi connectivity index (χ3n) is 2.77. The number of halogens is 2. The Morgan fingerprint density at radius 3 is 2.38 bits per heavy atom. The van der Waals surface area contributed by atoms with Crippen molar-refractivity contribution in [3.8, 4) is 5.75 Å². The first kappa shape index (κ1) is 16.5. The minimum atomic E-state index is 0.112. The monoisotopic (exact) mass is 417 g/mol. The molecule has 0 aliphatic carbocycles. The fourth-order valence-corrected chi connectivity index (χ4v) is 3.37. The average Bonchev–Trinajstić information content (AvgIpc) is 2.85. The summed E-state index contributed by atoms with van der Waals surface area (Å²) >= 11 is 7.04. The van der Waals surface area contributed by atoms with Crippen molar-refractivity contribution in [1.82, 2.24) is 10.2 Å². The predicted molar refractivity (Wildman–Crippen MR) is 87.2 cm³/mol. The summed E-state index contributed by atoms with van der Waals surface area (Å²) < 4.78 is 12.9. The molecule has 2 N–H and O–H groups in total. The van der Waals surface area contributed by atoms with Crippen LogP contribution in [0.25, 0.3) is 0 Å². The van der Waals surface area contributed by atoms with Gasteiger partial charge in [0.2, 0.25) is 5.89 Å². The van der Waals surface area contributed by atoms with E-state index in [1.54, 1.807) is 0 Å². The SMILES string of the molecule is CCc1nnc(COc2c(Br)cc(CC(C)N)cc2Br)o1. The predicted octanol–water partition coefficient (Wildman–Crippen LogP) is 3.63. The van der Waals surface area contributed by atoms with Crippen LogP contribution in [0.3, 0.4) is 0 Å². The lowest BCUT2D eigenvalue weighted by atomic mass is 10.1. The number of nitrogens with two attached hydrogens (primary N) is 1. The molecule has 0 aliphatic rings. The van der Waals surface area contributed by atoms with Gasteiger partial charge in [-0.25, -0.2) is 0 Å². The lowest BCUT2D eigenvalue weighted by molar-refractivity contribution is 0.256. The maximum Gasteiger partial charge on any atom is 0.253 e. The number of nitrogens with zero attached hydrogens (tertiary/aromatic N) is 2. The van der Waals surface area contributed by atoms with Crippen LogP contribution in [0.15, 0.2) is 25.5 Å². The second kappa shape index (κ2) is 7.38. The fourth-order valence-electron chi connectivity index (χ4n) is 1.86. The molecule has 0 spiro atoms. The van der Waals surface area contributed by atoms with Crippen molar-refractivity contribution in [3.05, 3.63) is 38.4 Å². The van der Waals surface area contributed by atoms with Gasteiger partial charge in [0.15, 0.2) is 6.61 Å². The second-order valence-corrected chi connectivity index (χ2v) is 6.51. The summed E-state index contributed by atoms with van der Waals surface area (Å²) in [7, 11) is 0. The van der Waals surface area contributed by atoms with Crippen LogP contribution in [0, 0.1) is 0 Å². The van der Waals surface area contributed by atoms with E-state index in [4.69, 9.17) is 14.9 Å². The molecule has 0 bridgehead atoms. The van der Waals surface area contributed by atoms with E-state index in [-0.39, 0.29) is 12.6 Å². The van der Waals surface area contributed by atoms with E-state index in [1.807, 2.05) is 26.0 Å². The Kier molecular flexibility index (Phi) is 5.78. The largest absolute Gasteiger partial charge is 0.481 e. The number of benzene rings is 1. The lowest BCUT2D eigenvalue weighted by Gasteiger charge is -2.12. The number of aromatic nitrogens is 2. The van der Waals surface area contributed by atoms with Gasteiger partial charge in [-0.05, 0) is 62.9 Å². The highest BCUT2D eigenvalue weighted by Crippen LogP contribution is 2.35. The van der Waals surface area contributed by atoms with Gasteiger partial charge >= 0.3 is 0 Å². The van der Waals surface area contributed by atoms with Crippen LogP contribution in [-0.4, -0.2) is 16.2 Å². The van der Waals surface area contributed by atoms with Crippen LogP contribution in [0.5, 0.6) is 5.75 Å². The zero-order chi connectivity index (χ0) is 15.4. The van der Waals surface area contributed by atoms with Gasteiger partial charge in [-0.1, -0.05) is 6.92 Å². The number of ether oxygens (including phenoxy) is 1. The zero-order valence-electron chi connectivity index (χ0n) is 11.9. The van der Waals surface area contributed by atoms with Crippen LogP contribution in [0.2, 0.25) is 0 Å². The van der Waals surface area contributed by atoms with Crippen molar-refractivity contribution in [2.24, 2.45) is 5.73 Å². The summed E-state index contributed by atoms with van der Waals surface area (Å²) in [6, 6.07) is 4.13. The van der Waals surface area contributed by atoms with E-state index >= 15 is 0 Å². The molecule has 0 aliphatic heterocycles. The first-order valence-electron chi connectivity index (χ1n) is 6.67. The third kappa shape index (κ3) is 4.52. The maximum absolute atomic E-state index is 5.82.